The second-order valence-corrected chi connectivity index (χ2v) is 3.39. The quantitative estimate of drug-likeness (QED) is 0.420. The molecule has 0 fully saturated rings. The molecular formula is C10H11ClN2. The first-order valence-electron chi connectivity index (χ1n) is 4.04. The van der Waals surface area contributed by atoms with Crippen LogP contribution in [0.5, 0.6) is 0 Å². The molecule has 0 aromatic heterocycles. The van der Waals surface area contributed by atoms with Crippen LogP contribution in [0.2, 0.25) is 0 Å². The van der Waals surface area contributed by atoms with Crippen molar-refractivity contribution in [1.82, 2.24) is 4.90 Å². The van der Waals surface area contributed by atoms with Gasteiger partial charge in [-0.25, -0.2) is 0 Å². The number of nitriles is 1. The Kier molecular flexibility index (Phi) is 3.60. The third-order valence-corrected chi connectivity index (χ3v) is 2.16. The minimum atomic E-state index is -0.120. The molecule has 13 heavy (non-hydrogen) atoms. The van der Waals surface area contributed by atoms with Gasteiger partial charge in [-0.3, -0.25) is 0 Å². The summed E-state index contributed by atoms with van der Waals surface area (Å²) in [6.45, 7) is 0.544. The van der Waals surface area contributed by atoms with Crippen molar-refractivity contribution in [1.29, 1.82) is 5.26 Å². The van der Waals surface area contributed by atoms with Crippen molar-refractivity contribution < 1.29 is 0 Å². The molecular weight excluding hydrogens is 184 g/mol. The maximum absolute atomic E-state index is 8.55. The van der Waals surface area contributed by atoms with E-state index in [-0.39, 0.29) is 5.38 Å². The van der Waals surface area contributed by atoms with Crippen molar-refractivity contribution in [2.24, 2.45) is 0 Å². The monoisotopic (exact) mass is 194 g/mol. The number of hydrogen-bond acceptors (Lipinski definition) is 2. The van der Waals surface area contributed by atoms with E-state index in [9.17, 15) is 0 Å². The molecule has 0 radical (unpaired) electrons. The standard InChI is InChI=1S/C10H11ClN2/c1-13(8-12)7-10(11)9-5-3-2-4-6-9/h2-6,10H,7H2,1H3. The van der Waals surface area contributed by atoms with Gasteiger partial charge in [0.1, 0.15) is 0 Å². The molecule has 0 N–H and O–H groups in total. The number of nitrogens with zero attached hydrogens (tertiary/aromatic N) is 2. The summed E-state index contributed by atoms with van der Waals surface area (Å²) in [4.78, 5) is 1.52. The Morgan fingerprint density at radius 1 is 1.46 bits per heavy atom. The van der Waals surface area contributed by atoms with Crippen molar-refractivity contribution in [3.05, 3.63) is 35.9 Å². The number of alkyl halides is 1. The van der Waals surface area contributed by atoms with Gasteiger partial charge >= 0.3 is 0 Å². The fourth-order valence-corrected chi connectivity index (χ4v) is 1.40. The van der Waals surface area contributed by atoms with Crippen LogP contribution in [0, 0.1) is 11.5 Å². The van der Waals surface area contributed by atoms with E-state index in [1.807, 2.05) is 36.5 Å². The van der Waals surface area contributed by atoms with Crippen molar-refractivity contribution in [2.75, 3.05) is 13.6 Å². The molecule has 68 valence electrons. The minimum Gasteiger partial charge on any atom is -0.312 e. The number of rotatable bonds is 3. The normalized spacial score (nSPS) is 11.8. The van der Waals surface area contributed by atoms with Gasteiger partial charge in [0.15, 0.2) is 6.19 Å². The van der Waals surface area contributed by atoms with Crippen LogP contribution >= 0.6 is 11.6 Å². The summed E-state index contributed by atoms with van der Waals surface area (Å²) >= 11 is 6.09. The SMILES string of the molecule is CN(C#N)CC(Cl)c1ccccc1. The molecule has 0 heterocycles. The molecule has 0 saturated heterocycles. The van der Waals surface area contributed by atoms with Crippen LogP contribution in [-0.2, 0) is 0 Å². The van der Waals surface area contributed by atoms with E-state index in [2.05, 4.69) is 0 Å². The van der Waals surface area contributed by atoms with E-state index in [4.69, 9.17) is 16.9 Å². The molecule has 0 aliphatic carbocycles. The molecule has 0 saturated carbocycles. The number of halogens is 1. The Morgan fingerprint density at radius 3 is 2.62 bits per heavy atom. The smallest absolute Gasteiger partial charge is 0.179 e. The van der Waals surface area contributed by atoms with Crippen LogP contribution in [0.25, 0.3) is 0 Å². The van der Waals surface area contributed by atoms with Crippen molar-refractivity contribution in [3.8, 4) is 6.19 Å². The third kappa shape index (κ3) is 2.96. The highest BCUT2D eigenvalue weighted by atomic mass is 35.5. The van der Waals surface area contributed by atoms with Crippen LogP contribution in [0.1, 0.15) is 10.9 Å². The average molecular weight is 195 g/mol. The molecule has 0 spiro atoms. The Balaban J connectivity index is 2.60. The lowest BCUT2D eigenvalue weighted by atomic mass is 10.1. The lowest BCUT2D eigenvalue weighted by Gasteiger charge is -2.14. The van der Waals surface area contributed by atoms with Crippen LogP contribution in [0.4, 0.5) is 0 Å². The largest absolute Gasteiger partial charge is 0.312 e. The molecule has 0 amide bonds. The van der Waals surface area contributed by atoms with Gasteiger partial charge in [-0.2, -0.15) is 5.26 Å². The molecule has 0 aliphatic heterocycles. The van der Waals surface area contributed by atoms with Gasteiger partial charge in [-0.05, 0) is 5.56 Å². The van der Waals surface area contributed by atoms with E-state index in [1.165, 1.54) is 4.90 Å². The van der Waals surface area contributed by atoms with Crippen molar-refractivity contribution in [3.63, 3.8) is 0 Å². The van der Waals surface area contributed by atoms with Crippen LogP contribution in [-0.4, -0.2) is 18.5 Å². The van der Waals surface area contributed by atoms with E-state index in [0.717, 1.165) is 5.56 Å². The first-order chi connectivity index (χ1) is 6.24. The number of likely N-dealkylation sites (N-methyl/N-ethyl adjacent to an activating group) is 1. The highest BCUT2D eigenvalue weighted by Crippen LogP contribution is 2.20. The summed E-state index contributed by atoms with van der Waals surface area (Å²) in [7, 11) is 1.72. The molecule has 2 nitrogen and oxygen atoms in total. The summed E-state index contributed by atoms with van der Waals surface area (Å²) in [6, 6.07) is 9.75. The topological polar surface area (TPSA) is 27.0 Å². The fourth-order valence-electron chi connectivity index (χ4n) is 1.05. The van der Waals surface area contributed by atoms with Crippen LogP contribution in [0.15, 0.2) is 30.3 Å². The number of hydrogen-bond donors (Lipinski definition) is 0. The summed E-state index contributed by atoms with van der Waals surface area (Å²) in [5, 5.41) is 8.43. The van der Waals surface area contributed by atoms with E-state index < -0.39 is 0 Å². The minimum absolute atomic E-state index is 0.120. The Morgan fingerprint density at radius 2 is 2.08 bits per heavy atom. The Labute approximate surface area is 83.3 Å². The molecule has 1 unspecified atom stereocenters. The van der Waals surface area contributed by atoms with E-state index in [1.54, 1.807) is 7.05 Å². The molecule has 0 aliphatic rings. The maximum Gasteiger partial charge on any atom is 0.179 e. The zero-order chi connectivity index (χ0) is 9.68. The van der Waals surface area contributed by atoms with Crippen LogP contribution in [0.3, 0.4) is 0 Å². The van der Waals surface area contributed by atoms with Gasteiger partial charge in [0, 0.05) is 13.6 Å². The molecule has 0 bridgehead atoms. The van der Waals surface area contributed by atoms with Crippen molar-refractivity contribution in [2.45, 2.75) is 5.38 Å². The lowest BCUT2D eigenvalue weighted by molar-refractivity contribution is 0.471. The second-order valence-electron chi connectivity index (χ2n) is 2.86. The highest BCUT2D eigenvalue weighted by molar-refractivity contribution is 6.21. The Hall–Kier alpha value is -1.20. The van der Waals surface area contributed by atoms with Gasteiger partial charge in [0.25, 0.3) is 0 Å². The molecule has 1 aromatic carbocycles. The molecule has 1 atom stereocenters. The first kappa shape index (κ1) is 9.88. The highest BCUT2D eigenvalue weighted by Gasteiger charge is 2.08. The lowest BCUT2D eigenvalue weighted by Crippen LogP contribution is -2.16. The van der Waals surface area contributed by atoms with Crippen molar-refractivity contribution >= 4 is 11.6 Å². The average Bonchev–Trinajstić information content (AvgIpc) is 2.19. The molecule has 1 rings (SSSR count). The zero-order valence-corrected chi connectivity index (χ0v) is 8.20. The summed E-state index contributed by atoms with van der Waals surface area (Å²) in [6.07, 6.45) is 2.01. The van der Waals surface area contributed by atoms with Gasteiger partial charge in [-0.15, -0.1) is 11.6 Å². The van der Waals surface area contributed by atoms with Gasteiger partial charge in [0.2, 0.25) is 0 Å². The number of benzene rings is 1. The zero-order valence-electron chi connectivity index (χ0n) is 7.44. The first-order valence-corrected chi connectivity index (χ1v) is 4.47. The molecule has 1 aromatic rings. The fraction of sp³-hybridized carbons (Fsp3) is 0.300. The third-order valence-electron chi connectivity index (χ3n) is 1.77. The van der Waals surface area contributed by atoms with E-state index >= 15 is 0 Å². The second kappa shape index (κ2) is 4.74. The predicted octanol–water partition coefficient (Wildman–Crippen LogP) is 2.38. The Bertz CT molecular complexity index is 292. The summed E-state index contributed by atoms with van der Waals surface area (Å²) in [5.41, 5.74) is 1.05. The summed E-state index contributed by atoms with van der Waals surface area (Å²) in [5.74, 6) is 0. The van der Waals surface area contributed by atoms with E-state index in [0.29, 0.717) is 6.54 Å². The van der Waals surface area contributed by atoms with Crippen LogP contribution < -0.4 is 0 Å². The summed E-state index contributed by atoms with van der Waals surface area (Å²) < 4.78 is 0. The van der Waals surface area contributed by atoms with Gasteiger partial charge < -0.3 is 4.90 Å². The van der Waals surface area contributed by atoms with Gasteiger partial charge in [-0.1, -0.05) is 30.3 Å². The molecule has 3 heteroatoms. The maximum atomic E-state index is 8.55. The van der Waals surface area contributed by atoms with Gasteiger partial charge in [0.05, 0.1) is 5.38 Å². The predicted molar refractivity (Wildman–Crippen MR) is 53.3 cm³/mol.